The van der Waals surface area contributed by atoms with Gasteiger partial charge in [-0.1, -0.05) is 193 Å². The van der Waals surface area contributed by atoms with E-state index in [0.717, 1.165) is 44.9 Å². The topological polar surface area (TPSA) is 212 Å². The van der Waals surface area contributed by atoms with Gasteiger partial charge in [0.1, 0.15) is 30.5 Å². The van der Waals surface area contributed by atoms with E-state index in [0.29, 0.717) is 12.8 Å². The summed E-state index contributed by atoms with van der Waals surface area (Å²) in [5.41, 5.74) is 0. The second-order valence-electron chi connectivity index (χ2n) is 16.5. The standard InChI is InChI=1S/C44H85NO12S/c1-3-5-7-9-11-13-14-15-16-17-18-19-20-21-22-23-24-25-27-29-31-33-38(48)43(51)45-36(37(47)32-30-28-26-12-10-8-6-4-2)35-55-44-41(50)42(57-58(52,53)54)40(49)39(34-46)56-44/h30,32,36-42,44,46-50H,3-29,31,33-35H2,1-2H3,(H,45,51)(H,52,53,54)/b32-30+. The molecule has 0 spiro atoms. The maximum Gasteiger partial charge on any atom is 0.397 e. The van der Waals surface area contributed by atoms with E-state index in [2.05, 4.69) is 23.3 Å². The molecule has 1 rings (SSSR count). The molecule has 0 aromatic rings. The highest BCUT2D eigenvalue weighted by atomic mass is 32.3. The number of rotatable bonds is 39. The number of carbonyl (C=O) groups excluding carboxylic acids is 1. The summed E-state index contributed by atoms with van der Waals surface area (Å²) in [5, 5.41) is 55.0. The second kappa shape index (κ2) is 35.4. The lowest BCUT2D eigenvalue weighted by Crippen LogP contribution is -2.61. The SMILES string of the molecule is CCCCCCCC/C=C/C(O)C(COC1OC(CO)C(O)C(OS(=O)(=O)O)C1O)NC(=O)C(O)CCCCCCCCCCCCCCCCCCCCCCC. The van der Waals surface area contributed by atoms with Crippen LogP contribution in [0.2, 0.25) is 0 Å². The summed E-state index contributed by atoms with van der Waals surface area (Å²) in [6.45, 7) is 3.17. The third-order valence-corrected chi connectivity index (χ3v) is 11.6. The second-order valence-corrected chi connectivity index (χ2v) is 17.5. The van der Waals surface area contributed by atoms with Crippen LogP contribution in [0.25, 0.3) is 0 Å². The minimum absolute atomic E-state index is 0.248. The number of aliphatic hydroxyl groups is 5. The summed E-state index contributed by atoms with van der Waals surface area (Å²) < 4.78 is 47.3. The number of allylic oxidation sites excluding steroid dienone is 1. The van der Waals surface area contributed by atoms with Crippen LogP contribution >= 0.6 is 0 Å². The van der Waals surface area contributed by atoms with Crippen molar-refractivity contribution in [2.45, 2.75) is 249 Å². The summed E-state index contributed by atoms with van der Waals surface area (Å²) in [6, 6.07) is -1.11. The Bertz CT molecular complexity index is 1110. The fourth-order valence-corrected chi connectivity index (χ4v) is 7.97. The predicted molar refractivity (Wildman–Crippen MR) is 228 cm³/mol. The molecule has 1 heterocycles. The molecule has 8 unspecified atom stereocenters. The smallest absolute Gasteiger partial charge is 0.394 e. The van der Waals surface area contributed by atoms with Crippen molar-refractivity contribution in [1.82, 2.24) is 5.32 Å². The molecule has 8 atom stereocenters. The van der Waals surface area contributed by atoms with E-state index in [1.807, 2.05) is 0 Å². The number of hydrogen-bond donors (Lipinski definition) is 7. The zero-order valence-corrected chi connectivity index (χ0v) is 37.1. The lowest BCUT2D eigenvalue weighted by atomic mass is 9.99. The number of aliphatic hydroxyl groups excluding tert-OH is 5. The first-order valence-electron chi connectivity index (χ1n) is 23.2. The molecule has 344 valence electrons. The number of carbonyl (C=O) groups is 1. The third-order valence-electron chi connectivity index (χ3n) is 11.2. The van der Waals surface area contributed by atoms with Crippen LogP contribution in [0.15, 0.2) is 12.2 Å². The number of hydrogen-bond acceptors (Lipinski definition) is 11. The van der Waals surface area contributed by atoms with Gasteiger partial charge in [0, 0.05) is 0 Å². The molecule has 1 aliphatic rings. The largest absolute Gasteiger partial charge is 0.397 e. The van der Waals surface area contributed by atoms with Gasteiger partial charge in [0.05, 0.1) is 25.4 Å². The van der Waals surface area contributed by atoms with Gasteiger partial charge in [-0.25, -0.2) is 4.18 Å². The van der Waals surface area contributed by atoms with Gasteiger partial charge in [0.25, 0.3) is 0 Å². The first-order valence-corrected chi connectivity index (χ1v) is 24.5. The number of nitrogens with one attached hydrogen (secondary N) is 1. The maximum atomic E-state index is 13.1. The molecule has 1 saturated heterocycles. The molecular formula is C44H85NO12S. The van der Waals surface area contributed by atoms with Crippen molar-refractivity contribution in [3.05, 3.63) is 12.2 Å². The van der Waals surface area contributed by atoms with Gasteiger partial charge in [0.2, 0.25) is 5.91 Å². The summed E-state index contributed by atoms with van der Waals surface area (Å²) >= 11 is 0. The van der Waals surface area contributed by atoms with Crippen LogP contribution in [0.3, 0.4) is 0 Å². The van der Waals surface area contributed by atoms with Crippen molar-refractivity contribution < 1.29 is 57.0 Å². The summed E-state index contributed by atoms with van der Waals surface area (Å²) in [4.78, 5) is 13.1. The number of unbranched alkanes of at least 4 members (excludes halogenated alkanes) is 26. The average Bonchev–Trinajstić information content (AvgIpc) is 3.19. The Hall–Kier alpha value is -1.20. The number of amides is 1. The quantitative estimate of drug-likeness (QED) is 0.0180. The highest BCUT2D eigenvalue weighted by Crippen LogP contribution is 2.26. The Labute approximate surface area is 352 Å². The van der Waals surface area contributed by atoms with Crippen LogP contribution in [0.4, 0.5) is 0 Å². The van der Waals surface area contributed by atoms with Crippen LogP contribution < -0.4 is 5.32 Å². The van der Waals surface area contributed by atoms with Crippen molar-refractivity contribution >= 4 is 16.3 Å². The first kappa shape index (κ1) is 54.8. The molecule has 0 aromatic carbocycles. The third kappa shape index (κ3) is 27.6. The Morgan fingerprint density at radius 3 is 1.55 bits per heavy atom. The Balaban J connectivity index is 2.43. The van der Waals surface area contributed by atoms with Gasteiger partial charge in [-0.3, -0.25) is 9.35 Å². The summed E-state index contributed by atoms with van der Waals surface area (Å²) in [7, 11) is -5.11. The molecule has 0 aliphatic carbocycles. The van der Waals surface area contributed by atoms with Gasteiger partial charge in [0.15, 0.2) is 6.29 Å². The summed E-state index contributed by atoms with van der Waals surface area (Å²) in [6.07, 6.45) is 26.2. The van der Waals surface area contributed by atoms with Gasteiger partial charge in [-0.05, 0) is 19.3 Å². The zero-order chi connectivity index (χ0) is 42.9. The molecule has 0 saturated carbocycles. The Kier molecular flexibility index (Phi) is 33.5. The zero-order valence-electron chi connectivity index (χ0n) is 36.2. The van der Waals surface area contributed by atoms with Crippen molar-refractivity contribution in [2.75, 3.05) is 13.2 Å². The Morgan fingerprint density at radius 1 is 0.690 bits per heavy atom. The van der Waals surface area contributed by atoms with Crippen molar-refractivity contribution in [1.29, 1.82) is 0 Å². The van der Waals surface area contributed by atoms with E-state index >= 15 is 0 Å². The first-order chi connectivity index (χ1) is 27.9. The van der Waals surface area contributed by atoms with Crippen LogP contribution in [0.1, 0.15) is 200 Å². The van der Waals surface area contributed by atoms with E-state index in [-0.39, 0.29) is 6.42 Å². The van der Waals surface area contributed by atoms with E-state index in [1.54, 1.807) is 6.08 Å². The van der Waals surface area contributed by atoms with Crippen LogP contribution in [0.5, 0.6) is 0 Å². The minimum atomic E-state index is -5.11. The highest BCUT2D eigenvalue weighted by molar-refractivity contribution is 7.80. The highest BCUT2D eigenvalue weighted by Gasteiger charge is 2.48. The number of ether oxygens (including phenoxy) is 2. The molecule has 1 fully saturated rings. The van der Waals surface area contributed by atoms with Gasteiger partial charge < -0.3 is 40.3 Å². The minimum Gasteiger partial charge on any atom is -0.394 e. The molecule has 1 aliphatic heterocycles. The molecule has 0 radical (unpaired) electrons. The van der Waals surface area contributed by atoms with Crippen LogP contribution in [-0.2, 0) is 28.9 Å². The van der Waals surface area contributed by atoms with Gasteiger partial charge >= 0.3 is 10.4 Å². The molecular weight excluding hydrogens is 767 g/mol. The van der Waals surface area contributed by atoms with Gasteiger partial charge in [-0.15, -0.1) is 0 Å². The van der Waals surface area contributed by atoms with E-state index in [1.165, 1.54) is 128 Å². The van der Waals surface area contributed by atoms with Crippen molar-refractivity contribution in [3.8, 4) is 0 Å². The molecule has 7 N–H and O–H groups in total. The lowest BCUT2D eigenvalue weighted by molar-refractivity contribution is -0.298. The molecule has 13 nitrogen and oxygen atoms in total. The predicted octanol–water partition coefficient (Wildman–Crippen LogP) is 7.75. The van der Waals surface area contributed by atoms with Gasteiger partial charge in [-0.2, -0.15) is 8.42 Å². The lowest BCUT2D eigenvalue weighted by Gasteiger charge is -2.41. The maximum absolute atomic E-state index is 13.1. The van der Waals surface area contributed by atoms with Crippen LogP contribution in [0, 0.1) is 0 Å². The molecule has 58 heavy (non-hydrogen) atoms. The molecule has 14 heteroatoms. The fraction of sp³-hybridized carbons (Fsp3) is 0.932. The van der Waals surface area contributed by atoms with Crippen molar-refractivity contribution in [3.63, 3.8) is 0 Å². The molecule has 1 amide bonds. The van der Waals surface area contributed by atoms with E-state index in [4.69, 9.17) is 14.0 Å². The Morgan fingerprint density at radius 2 is 1.12 bits per heavy atom. The monoisotopic (exact) mass is 852 g/mol. The van der Waals surface area contributed by atoms with Crippen LogP contribution in [-0.4, -0.2) is 107 Å². The van der Waals surface area contributed by atoms with E-state index < -0.39 is 78.5 Å². The molecule has 0 bridgehead atoms. The average molecular weight is 852 g/mol. The van der Waals surface area contributed by atoms with Crippen molar-refractivity contribution in [2.24, 2.45) is 0 Å². The fourth-order valence-electron chi connectivity index (χ4n) is 7.46. The van der Waals surface area contributed by atoms with E-state index in [9.17, 15) is 38.7 Å². The normalized spacial score (nSPS) is 21.7. The molecule has 0 aromatic heterocycles. The summed E-state index contributed by atoms with van der Waals surface area (Å²) in [5.74, 6) is -0.702.